The van der Waals surface area contributed by atoms with E-state index in [0.717, 1.165) is 22.3 Å². The van der Waals surface area contributed by atoms with Crippen LogP contribution in [-0.4, -0.2) is 33.4 Å². The lowest BCUT2D eigenvalue weighted by Crippen LogP contribution is -2.38. The molecule has 0 fully saturated rings. The summed E-state index contributed by atoms with van der Waals surface area (Å²) in [7, 11) is 0. The number of ether oxygens (including phenoxy) is 2. The van der Waals surface area contributed by atoms with Gasteiger partial charge in [-0.15, -0.1) is 5.10 Å². The highest BCUT2D eigenvalue weighted by Crippen LogP contribution is 2.43. The Balaban J connectivity index is 1.49. The third-order valence-electron chi connectivity index (χ3n) is 9.64. The van der Waals surface area contributed by atoms with Crippen LogP contribution in [0.25, 0.3) is 11.4 Å². The maximum Gasteiger partial charge on any atom is 0.249 e. The number of nitrogens with one attached hydrogen (secondary N) is 1. The molecule has 0 aliphatic heterocycles. The number of benzene rings is 6. The summed E-state index contributed by atoms with van der Waals surface area (Å²) in [5.74, 6) is -0.264. The van der Waals surface area contributed by atoms with E-state index in [2.05, 4.69) is 11.4 Å². The Morgan fingerprint density at radius 2 is 1.51 bits per heavy atom. The van der Waals surface area contributed by atoms with Crippen LogP contribution in [0, 0.1) is 17.1 Å². The molecular weight excluding hydrogens is 716 g/mol. The highest BCUT2D eigenvalue weighted by molar-refractivity contribution is 5.98. The second kappa shape index (κ2) is 16.6. The fourth-order valence-corrected chi connectivity index (χ4v) is 7.18. The number of carbonyl (C=O) groups excluding carboxylic acids is 1. The summed E-state index contributed by atoms with van der Waals surface area (Å²) in [5.41, 5.74) is 10.2. The second-order valence-electron chi connectivity index (χ2n) is 13.7. The van der Waals surface area contributed by atoms with E-state index in [9.17, 15) is 10.1 Å². The minimum atomic E-state index is -1.12. The number of carbonyl (C=O) groups is 1. The minimum absolute atomic E-state index is 0.0723. The van der Waals surface area contributed by atoms with E-state index in [1.165, 1.54) is 0 Å². The monoisotopic (exact) mass is 756 g/mol. The fraction of sp³-hybridized carbons (Fsp3) is 0.149. The number of nitrogens with zero attached hydrogens (tertiary/aromatic N) is 4. The molecule has 10 heteroatoms. The molecule has 0 aliphatic rings. The minimum Gasteiger partial charge on any atom is -0.494 e. The first kappa shape index (κ1) is 38.0. The van der Waals surface area contributed by atoms with Crippen molar-refractivity contribution in [2.24, 2.45) is 5.73 Å². The average Bonchev–Trinajstić information content (AvgIpc) is 3.73. The third kappa shape index (κ3) is 7.68. The molecule has 0 spiro atoms. The number of halogens is 1. The zero-order valence-electron chi connectivity index (χ0n) is 31.8. The van der Waals surface area contributed by atoms with Gasteiger partial charge in [0.05, 0.1) is 35.9 Å². The van der Waals surface area contributed by atoms with Crippen molar-refractivity contribution in [3.63, 3.8) is 0 Å². The number of hydrogen-bond donors (Lipinski definition) is 2. The van der Waals surface area contributed by atoms with E-state index in [1.807, 2.05) is 112 Å². The number of nitrogens with two attached hydrogens (primary N) is 1. The van der Waals surface area contributed by atoms with Crippen molar-refractivity contribution in [3.8, 4) is 29.0 Å². The molecule has 0 saturated heterocycles. The highest BCUT2D eigenvalue weighted by atomic mass is 19.1. The van der Waals surface area contributed by atoms with Crippen molar-refractivity contribution in [2.75, 3.05) is 11.9 Å². The zero-order chi connectivity index (χ0) is 39.9. The van der Waals surface area contributed by atoms with Crippen LogP contribution < -0.4 is 20.5 Å². The zero-order valence-corrected chi connectivity index (χ0v) is 31.8. The Morgan fingerprint density at radius 1 is 0.860 bits per heavy atom. The molecule has 1 atom stereocenters. The van der Waals surface area contributed by atoms with Crippen molar-refractivity contribution in [1.29, 1.82) is 5.26 Å². The first-order valence-corrected chi connectivity index (χ1v) is 18.6. The molecule has 7 aromatic rings. The topological polar surface area (TPSA) is 128 Å². The SMILES string of the molecule is CCOc1cc(OC(C)C)c(F)c(C(Nc2ccc(C#N)cc2)c2cccc(C(c3ccccc3)(c3ccccc3)n3cnc(-c4ccccc4C(N)=O)n3)c2)c1. The Kier molecular flexibility index (Phi) is 11.1. The predicted octanol–water partition coefficient (Wildman–Crippen LogP) is 9.28. The number of nitriles is 1. The summed E-state index contributed by atoms with van der Waals surface area (Å²) in [6.45, 7) is 5.93. The lowest BCUT2D eigenvalue weighted by atomic mass is 9.76. The molecule has 3 N–H and O–H groups in total. The van der Waals surface area contributed by atoms with Gasteiger partial charge in [0.1, 0.15) is 17.6 Å². The van der Waals surface area contributed by atoms with Gasteiger partial charge in [0.25, 0.3) is 0 Å². The molecule has 0 aliphatic carbocycles. The van der Waals surface area contributed by atoms with Crippen LogP contribution >= 0.6 is 0 Å². The lowest BCUT2D eigenvalue weighted by Gasteiger charge is -2.36. The smallest absolute Gasteiger partial charge is 0.249 e. The van der Waals surface area contributed by atoms with Crippen LogP contribution in [0.1, 0.15) is 70.6 Å². The summed E-state index contributed by atoms with van der Waals surface area (Å²) < 4.78 is 30.6. The molecule has 7 rings (SSSR count). The molecule has 1 unspecified atom stereocenters. The van der Waals surface area contributed by atoms with Gasteiger partial charge in [0.2, 0.25) is 5.91 Å². The molecule has 6 aromatic carbocycles. The van der Waals surface area contributed by atoms with Crippen LogP contribution in [0.15, 0.2) is 152 Å². The summed E-state index contributed by atoms with van der Waals surface area (Å²) in [6, 6.07) is 46.5. The van der Waals surface area contributed by atoms with Crippen molar-refractivity contribution < 1.29 is 18.7 Å². The van der Waals surface area contributed by atoms with Gasteiger partial charge in [-0.25, -0.2) is 14.1 Å². The lowest BCUT2D eigenvalue weighted by molar-refractivity contribution is 0.100. The number of amides is 1. The normalized spacial score (nSPS) is 11.8. The van der Waals surface area contributed by atoms with Gasteiger partial charge < -0.3 is 20.5 Å². The van der Waals surface area contributed by atoms with Crippen LogP contribution in [0.3, 0.4) is 0 Å². The number of aromatic nitrogens is 3. The van der Waals surface area contributed by atoms with Gasteiger partial charge in [0, 0.05) is 22.9 Å². The Bertz CT molecular complexity index is 2490. The van der Waals surface area contributed by atoms with Crippen LogP contribution in [-0.2, 0) is 5.54 Å². The van der Waals surface area contributed by atoms with Crippen molar-refractivity contribution in [3.05, 3.63) is 197 Å². The summed E-state index contributed by atoms with van der Waals surface area (Å²) in [4.78, 5) is 17.2. The fourth-order valence-electron chi connectivity index (χ4n) is 7.18. The molecule has 1 aromatic heterocycles. The van der Waals surface area contributed by atoms with Gasteiger partial charge >= 0.3 is 0 Å². The number of rotatable bonds is 14. The average molecular weight is 757 g/mol. The van der Waals surface area contributed by atoms with Gasteiger partial charge in [-0.2, -0.15) is 5.26 Å². The quantitative estimate of drug-likeness (QED) is 0.106. The van der Waals surface area contributed by atoms with Crippen molar-refractivity contribution in [1.82, 2.24) is 14.8 Å². The maximum atomic E-state index is 16.9. The van der Waals surface area contributed by atoms with E-state index in [0.29, 0.717) is 46.1 Å². The van der Waals surface area contributed by atoms with E-state index < -0.39 is 23.3 Å². The summed E-state index contributed by atoms with van der Waals surface area (Å²) in [6.07, 6.45) is 1.37. The van der Waals surface area contributed by atoms with Gasteiger partial charge in [-0.3, -0.25) is 4.79 Å². The van der Waals surface area contributed by atoms with E-state index in [-0.39, 0.29) is 11.9 Å². The number of anilines is 1. The molecule has 9 nitrogen and oxygen atoms in total. The van der Waals surface area contributed by atoms with E-state index >= 15 is 4.39 Å². The Labute approximate surface area is 331 Å². The number of primary amides is 1. The molecule has 0 radical (unpaired) electrons. The number of hydrogen-bond acceptors (Lipinski definition) is 7. The van der Waals surface area contributed by atoms with Crippen LogP contribution in [0.2, 0.25) is 0 Å². The largest absolute Gasteiger partial charge is 0.494 e. The van der Waals surface area contributed by atoms with Gasteiger partial charge in [-0.1, -0.05) is 103 Å². The first-order chi connectivity index (χ1) is 27.7. The van der Waals surface area contributed by atoms with Gasteiger partial charge in [0.15, 0.2) is 17.4 Å². The van der Waals surface area contributed by atoms with Crippen LogP contribution in [0.5, 0.6) is 11.5 Å². The summed E-state index contributed by atoms with van der Waals surface area (Å²) in [5, 5.41) is 18.1. The first-order valence-electron chi connectivity index (χ1n) is 18.6. The molecule has 57 heavy (non-hydrogen) atoms. The highest BCUT2D eigenvalue weighted by Gasteiger charge is 2.40. The maximum absolute atomic E-state index is 16.9. The van der Waals surface area contributed by atoms with E-state index in [1.54, 1.807) is 65.6 Å². The Hall–Kier alpha value is -7.25. The molecular formula is C47H41FN6O3. The second-order valence-corrected chi connectivity index (χ2v) is 13.7. The van der Waals surface area contributed by atoms with Crippen LogP contribution in [0.4, 0.5) is 10.1 Å². The van der Waals surface area contributed by atoms with Crippen molar-refractivity contribution >= 4 is 11.6 Å². The van der Waals surface area contributed by atoms with Gasteiger partial charge in [-0.05, 0) is 79.4 Å². The molecule has 0 saturated carbocycles. The standard InChI is InChI=1S/C47H41FN6O3/c1-4-56-38-27-41(43(48)42(28-38)57-31(2)3)44(52-37-24-22-32(29-49)23-25-37)33-14-13-19-36(26-33)47(34-15-7-5-8-16-34,35-17-9-6-10-18-35)54-30-51-46(53-54)40-21-12-11-20-39(40)45(50)55/h5-28,30-31,44,52H,4H2,1-3H3,(H2,50,55). The third-order valence-corrected chi connectivity index (χ3v) is 9.64. The molecule has 1 heterocycles. The Morgan fingerprint density at radius 3 is 2.14 bits per heavy atom. The predicted molar refractivity (Wildman–Crippen MR) is 219 cm³/mol. The molecule has 284 valence electrons. The van der Waals surface area contributed by atoms with Crippen molar-refractivity contribution in [2.45, 2.75) is 38.5 Å². The molecule has 1 amide bonds. The van der Waals surface area contributed by atoms with E-state index in [4.69, 9.17) is 25.3 Å². The summed E-state index contributed by atoms with van der Waals surface area (Å²) >= 11 is 0. The molecule has 0 bridgehead atoms.